The Kier molecular flexibility index (Phi) is 4.79. The molecule has 1 unspecified atom stereocenters. The number of hydrogen-bond donors (Lipinski definition) is 1. The van der Waals surface area contributed by atoms with Crippen molar-refractivity contribution in [1.82, 2.24) is 5.32 Å². The molecule has 1 fully saturated rings. The van der Waals surface area contributed by atoms with Crippen molar-refractivity contribution in [3.8, 4) is 5.75 Å². The molecule has 0 radical (unpaired) electrons. The van der Waals surface area contributed by atoms with Crippen molar-refractivity contribution in [1.29, 1.82) is 0 Å². The lowest BCUT2D eigenvalue weighted by molar-refractivity contribution is -0.386. The van der Waals surface area contributed by atoms with Crippen LogP contribution in [0, 0.1) is 10.1 Å². The average molecular weight is 314 g/mol. The van der Waals surface area contributed by atoms with Gasteiger partial charge in [-0.2, -0.15) is 0 Å². The van der Waals surface area contributed by atoms with Crippen LogP contribution in [0.2, 0.25) is 0 Å². The Morgan fingerprint density at radius 2 is 2.24 bits per heavy atom. The van der Waals surface area contributed by atoms with Gasteiger partial charge in [0.1, 0.15) is 6.10 Å². The molecule has 1 aromatic carbocycles. The molecule has 21 heavy (non-hydrogen) atoms. The Morgan fingerprint density at radius 1 is 1.48 bits per heavy atom. The second-order valence-electron chi connectivity index (χ2n) is 4.98. The predicted molar refractivity (Wildman–Crippen MR) is 78.2 cm³/mol. The molecule has 1 aromatic rings. The molecule has 0 bridgehead atoms. The molecule has 0 amide bonds. The maximum atomic E-state index is 11.4. The maximum absolute atomic E-state index is 11.4. The minimum atomic E-state index is -3.08. The predicted octanol–water partition coefficient (Wildman–Crippen LogP) is 1.27. The van der Waals surface area contributed by atoms with Crippen LogP contribution in [0.15, 0.2) is 18.2 Å². The summed E-state index contributed by atoms with van der Waals surface area (Å²) >= 11 is 0. The van der Waals surface area contributed by atoms with E-state index in [0.29, 0.717) is 13.0 Å². The maximum Gasteiger partial charge on any atom is 0.310 e. The number of rotatable bonds is 6. The van der Waals surface area contributed by atoms with Gasteiger partial charge in [0, 0.05) is 12.6 Å². The molecule has 1 aliphatic heterocycles. The van der Waals surface area contributed by atoms with Crippen molar-refractivity contribution in [2.24, 2.45) is 0 Å². The molecule has 2 rings (SSSR count). The summed E-state index contributed by atoms with van der Waals surface area (Å²) in [5.41, 5.74) is 0.720. The van der Waals surface area contributed by atoms with Gasteiger partial charge in [-0.05, 0) is 24.6 Å². The van der Waals surface area contributed by atoms with Gasteiger partial charge in [0.2, 0.25) is 0 Å². The number of sulfone groups is 1. The van der Waals surface area contributed by atoms with E-state index in [1.54, 1.807) is 12.1 Å². The highest BCUT2D eigenvalue weighted by Gasteiger charge is 2.31. The first-order valence-electron chi connectivity index (χ1n) is 6.76. The topological polar surface area (TPSA) is 98.5 Å². The van der Waals surface area contributed by atoms with E-state index in [1.165, 1.54) is 6.07 Å². The Balaban J connectivity index is 2.20. The third-order valence-corrected chi connectivity index (χ3v) is 5.02. The van der Waals surface area contributed by atoms with Crippen molar-refractivity contribution >= 4 is 15.5 Å². The summed E-state index contributed by atoms with van der Waals surface area (Å²) in [4.78, 5) is 10.5. The third-order valence-electron chi connectivity index (χ3n) is 3.28. The Labute approximate surface area is 123 Å². The molecule has 1 saturated heterocycles. The van der Waals surface area contributed by atoms with Gasteiger partial charge in [0.15, 0.2) is 15.6 Å². The molecule has 1 N–H and O–H groups in total. The van der Waals surface area contributed by atoms with Crippen LogP contribution in [0.25, 0.3) is 0 Å². The number of benzene rings is 1. The highest BCUT2D eigenvalue weighted by atomic mass is 32.2. The summed E-state index contributed by atoms with van der Waals surface area (Å²) < 4.78 is 28.4. The molecular formula is C13H18N2O5S. The van der Waals surface area contributed by atoms with E-state index in [0.717, 1.165) is 12.1 Å². The van der Waals surface area contributed by atoms with Gasteiger partial charge in [0.05, 0.1) is 16.4 Å². The first-order chi connectivity index (χ1) is 9.91. The zero-order valence-corrected chi connectivity index (χ0v) is 12.6. The lowest BCUT2D eigenvalue weighted by atomic mass is 10.2. The van der Waals surface area contributed by atoms with Crippen LogP contribution >= 0.6 is 0 Å². The normalized spacial score (nSPS) is 20.3. The zero-order chi connectivity index (χ0) is 15.5. The number of nitrogens with one attached hydrogen (secondary N) is 1. The van der Waals surface area contributed by atoms with Crippen molar-refractivity contribution < 1.29 is 18.1 Å². The smallest absolute Gasteiger partial charge is 0.310 e. The van der Waals surface area contributed by atoms with E-state index in [-0.39, 0.29) is 22.9 Å². The fraction of sp³-hybridized carbons (Fsp3) is 0.538. The van der Waals surface area contributed by atoms with E-state index < -0.39 is 20.9 Å². The molecule has 0 aromatic heterocycles. The SMILES string of the molecule is CCNCc1ccc([N+](=O)[O-])c(OC2CCS(=O)(=O)C2)c1. The Bertz CT molecular complexity index is 629. The van der Waals surface area contributed by atoms with Crippen LogP contribution < -0.4 is 10.1 Å². The van der Waals surface area contributed by atoms with E-state index in [9.17, 15) is 18.5 Å². The number of nitro benzene ring substituents is 1. The minimum absolute atomic E-state index is 0.0720. The van der Waals surface area contributed by atoms with Gasteiger partial charge in [-0.15, -0.1) is 0 Å². The zero-order valence-electron chi connectivity index (χ0n) is 11.7. The standard InChI is InChI=1S/C13H18N2O5S/c1-2-14-8-10-3-4-12(15(16)17)13(7-10)20-11-5-6-21(18,19)9-11/h3-4,7,11,14H,2,5-6,8-9H2,1H3. The fourth-order valence-electron chi connectivity index (χ4n) is 2.22. The van der Waals surface area contributed by atoms with Crippen molar-refractivity contribution in [2.45, 2.75) is 26.0 Å². The Hall–Kier alpha value is -1.67. The van der Waals surface area contributed by atoms with Crippen LogP contribution in [0.4, 0.5) is 5.69 Å². The molecule has 7 nitrogen and oxygen atoms in total. The number of nitrogens with zero attached hydrogens (tertiary/aromatic N) is 1. The third kappa shape index (κ3) is 4.15. The lowest BCUT2D eigenvalue weighted by Crippen LogP contribution is -2.19. The van der Waals surface area contributed by atoms with Crippen LogP contribution in [0.3, 0.4) is 0 Å². The fourth-order valence-corrected chi connectivity index (χ4v) is 3.81. The summed E-state index contributed by atoms with van der Waals surface area (Å²) in [6.45, 7) is 3.33. The molecule has 0 saturated carbocycles. The van der Waals surface area contributed by atoms with Gasteiger partial charge in [0.25, 0.3) is 0 Å². The highest BCUT2D eigenvalue weighted by Crippen LogP contribution is 2.30. The number of hydrogen-bond acceptors (Lipinski definition) is 6. The first kappa shape index (κ1) is 15.7. The van der Waals surface area contributed by atoms with Crippen molar-refractivity contribution in [3.05, 3.63) is 33.9 Å². The van der Waals surface area contributed by atoms with Gasteiger partial charge >= 0.3 is 5.69 Å². The first-order valence-corrected chi connectivity index (χ1v) is 8.58. The van der Waals surface area contributed by atoms with Gasteiger partial charge in [-0.1, -0.05) is 13.0 Å². The number of nitro groups is 1. The van der Waals surface area contributed by atoms with E-state index >= 15 is 0 Å². The van der Waals surface area contributed by atoms with Gasteiger partial charge in [-0.3, -0.25) is 10.1 Å². The summed E-state index contributed by atoms with van der Waals surface area (Å²) in [6.07, 6.45) is -0.139. The van der Waals surface area contributed by atoms with E-state index in [2.05, 4.69) is 5.32 Å². The van der Waals surface area contributed by atoms with E-state index in [1.807, 2.05) is 6.92 Å². The van der Waals surface area contributed by atoms with Crippen LogP contribution in [-0.2, 0) is 16.4 Å². The van der Waals surface area contributed by atoms with Crippen molar-refractivity contribution in [3.63, 3.8) is 0 Å². The van der Waals surface area contributed by atoms with E-state index in [4.69, 9.17) is 4.74 Å². The van der Waals surface area contributed by atoms with Crippen LogP contribution in [0.1, 0.15) is 18.9 Å². The lowest BCUT2D eigenvalue weighted by Gasteiger charge is -2.13. The molecule has 116 valence electrons. The second kappa shape index (κ2) is 6.40. The van der Waals surface area contributed by atoms with Crippen LogP contribution in [-0.4, -0.2) is 37.5 Å². The monoisotopic (exact) mass is 314 g/mol. The molecule has 1 heterocycles. The summed E-state index contributed by atoms with van der Waals surface area (Å²) in [5, 5.41) is 14.2. The molecule has 8 heteroatoms. The average Bonchev–Trinajstić information content (AvgIpc) is 2.75. The molecule has 1 atom stereocenters. The summed E-state index contributed by atoms with van der Waals surface area (Å²) in [5.74, 6) is 0.127. The quantitative estimate of drug-likeness (QED) is 0.627. The number of ether oxygens (including phenoxy) is 1. The Morgan fingerprint density at radius 3 is 2.81 bits per heavy atom. The summed E-state index contributed by atoms with van der Waals surface area (Å²) in [6, 6.07) is 4.66. The molecular weight excluding hydrogens is 296 g/mol. The van der Waals surface area contributed by atoms with Crippen LogP contribution in [0.5, 0.6) is 5.75 Å². The second-order valence-corrected chi connectivity index (χ2v) is 7.21. The van der Waals surface area contributed by atoms with Crippen molar-refractivity contribution in [2.75, 3.05) is 18.1 Å². The highest BCUT2D eigenvalue weighted by molar-refractivity contribution is 7.91. The van der Waals surface area contributed by atoms with Gasteiger partial charge < -0.3 is 10.1 Å². The largest absolute Gasteiger partial charge is 0.482 e. The molecule has 0 spiro atoms. The van der Waals surface area contributed by atoms with Gasteiger partial charge in [-0.25, -0.2) is 8.42 Å². The molecule has 0 aliphatic carbocycles. The minimum Gasteiger partial charge on any atom is -0.482 e. The summed E-state index contributed by atoms with van der Waals surface area (Å²) in [7, 11) is -3.08. The molecule has 1 aliphatic rings.